The molecule has 2 bridgehead atoms. The molecule has 5 rings (SSSR count). The zero-order valence-electron chi connectivity index (χ0n) is 25.1. The number of carbonyl (C=O) groups excluding carboxylic acids is 2. The maximum absolute atomic E-state index is 13.6. The highest BCUT2D eigenvalue weighted by atomic mass is 32.2. The van der Waals surface area contributed by atoms with Gasteiger partial charge in [-0.2, -0.15) is 9.40 Å². The predicted octanol–water partition coefficient (Wildman–Crippen LogP) is 1.19. The molecule has 0 saturated carbocycles. The van der Waals surface area contributed by atoms with Crippen molar-refractivity contribution >= 4 is 21.8 Å². The summed E-state index contributed by atoms with van der Waals surface area (Å²) in [4.78, 5) is 27.2. The topological polar surface area (TPSA) is 163 Å². The second-order valence-electron chi connectivity index (χ2n) is 10.5. The van der Waals surface area contributed by atoms with Gasteiger partial charge in [0.2, 0.25) is 15.9 Å². The molecule has 1 aliphatic rings. The summed E-state index contributed by atoms with van der Waals surface area (Å²) in [6.07, 6.45) is 5.55. The van der Waals surface area contributed by atoms with Gasteiger partial charge in [-0.15, -0.1) is 5.10 Å². The Balaban J connectivity index is 1.44. The molecule has 2 aromatic heterocycles. The number of benzene rings is 2. The normalized spacial score (nSPS) is 17.5. The fourth-order valence-corrected chi connectivity index (χ4v) is 6.39. The van der Waals surface area contributed by atoms with Crippen LogP contribution in [0.1, 0.15) is 28.0 Å². The van der Waals surface area contributed by atoms with E-state index in [2.05, 4.69) is 26.0 Å². The van der Waals surface area contributed by atoms with Gasteiger partial charge in [-0.05, 0) is 17.7 Å². The van der Waals surface area contributed by atoms with Gasteiger partial charge in [0, 0.05) is 64.9 Å². The highest BCUT2D eigenvalue weighted by Crippen LogP contribution is 2.31. The molecule has 4 aromatic rings. The zero-order valence-corrected chi connectivity index (χ0v) is 25.9. The van der Waals surface area contributed by atoms with Crippen LogP contribution in [-0.2, 0) is 41.3 Å². The summed E-state index contributed by atoms with van der Waals surface area (Å²) in [5, 5.41) is 18.1. The molecule has 0 unspecified atom stereocenters. The van der Waals surface area contributed by atoms with E-state index in [1.807, 2.05) is 30.3 Å². The van der Waals surface area contributed by atoms with Gasteiger partial charge in [-0.25, -0.2) is 8.42 Å². The minimum atomic E-state index is -3.93. The first-order valence-electron chi connectivity index (χ1n) is 14.5. The number of aromatic nitrogens is 5. The van der Waals surface area contributed by atoms with Gasteiger partial charge in [0.05, 0.1) is 31.2 Å². The van der Waals surface area contributed by atoms with E-state index in [0.717, 1.165) is 5.56 Å². The lowest BCUT2D eigenvalue weighted by molar-refractivity contribution is -0.123. The molecule has 1 atom stereocenters. The highest BCUT2D eigenvalue weighted by molar-refractivity contribution is 7.89. The van der Waals surface area contributed by atoms with Crippen molar-refractivity contribution in [3.63, 3.8) is 0 Å². The van der Waals surface area contributed by atoms with Gasteiger partial charge in [0.25, 0.3) is 5.91 Å². The minimum absolute atomic E-state index is 0.000301. The average Bonchev–Trinajstić information content (AvgIpc) is 3.69. The number of rotatable bonds is 5. The Labute approximate surface area is 261 Å². The van der Waals surface area contributed by atoms with Crippen molar-refractivity contribution in [2.75, 3.05) is 33.4 Å². The maximum atomic E-state index is 13.6. The van der Waals surface area contributed by atoms with Crippen molar-refractivity contribution in [2.24, 2.45) is 7.05 Å². The largest absolute Gasteiger partial charge is 0.493 e. The van der Waals surface area contributed by atoms with Crippen molar-refractivity contribution in [3.8, 4) is 11.5 Å². The molecule has 0 spiro atoms. The van der Waals surface area contributed by atoms with E-state index in [1.165, 1.54) is 28.5 Å². The van der Waals surface area contributed by atoms with Crippen LogP contribution in [0.25, 0.3) is 0 Å². The molecule has 2 N–H and O–H groups in total. The van der Waals surface area contributed by atoms with E-state index in [-0.39, 0.29) is 48.9 Å². The minimum Gasteiger partial charge on any atom is -0.493 e. The summed E-state index contributed by atoms with van der Waals surface area (Å²) < 4.78 is 43.0. The summed E-state index contributed by atoms with van der Waals surface area (Å²) >= 11 is 0. The summed E-state index contributed by atoms with van der Waals surface area (Å²) in [6, 6.07) is 13.3. The fourth-order valence-electron chi connectivity index (χ4n) is 4.96. The molecule has 0 radical (unpaired) electrons. The third-order valence-electron chi connectivity index (χ3n) is 7.31. The number of nitrogens with zero attached hydrogens (tertiary/aromatic N) is 6. The fraction of sp³-hybridized carbons (Fsp3) is 0.367. The van der Waals surface area contributed by atoms with Gasteiger partial charge < -0.3 is 20.1 Å². The summed E-state index contributed by atoms with van der Waals surface area (Å²) in [5.74, 6) is -0.322. The number of ether oxygens (including phenoxy) is 2. The molecular weight excluding hydrogens is 600 g/mol. The Morgan fingerprint density at radius 2 is 1.87 bits per heavy atom. The van der Waals surface area contributed by atoms with E-state index < -0.39 is 27.9 Å². The molecule has 0 saturated heterocycles. The number of carbonyl (C=O) groups is 2. The molecule has 2 aromatic carbocycles. The molecule has 3 heterocycles. The van der Waals surface area contributed by atoms with E-state index in [0.29, 0.717) is 30.8 Å². The quantitative estimate of drug-likeness (QED) is 0.328. The van der Waals surface area contributed by atoms with Crippen LogP contribution in [0.4, 0.5) is 0 Å². The van der Waals surface area contributed by atoms with Crippen molar-refractivity contribution in [3.05, 3.63) is 83.9 Å². The second kappa shape index (κ2) is 14.3. The Hall–Kier alpha value is -4.76. The number of hydrogen-bond donors (Lipinski definition) is 2. The van der Waals surface area contributed by atoms with E-state index in [4.69, 9.17) is 9.47 Å². The number of fused-ring (bicyclic) bond motifs is 3. The van der Waals surface area contributed by atoms with Gasteiger partial charge >= 0.3 is 0 Å². The van der Waals surface area contributed by atoms with Crippen molar-refractivity contribution < 1.29 is 27.5 Å². The van der Waals surface area contributed by atoms with Crippen LogP contribution in [-0.4, -0.2) is 88.7 Å². The van der Waals surface area contributed by atoms with E-state index >= 15 is 0 Å². The number of methoxy groups -OCH3 is 1. The summed E-state index contributed by atoms with van der Waals surface area (Å²) in [6.45, 7) is 0.824. The summed E-state index contributed by atoms with van der Waals surface area (Å²) in [5.41, 5.74) is 1.68. The van der Waals surface area contributed by atoms with Crippen LogP contribution >= 0.6 is 0 Å². The van der Waals surface area contributed by atoms with Crippen molar-refractivity contribution in [1.29, 1.82) is 0 Å². The molecule has 0 aliphatic carbocycles. The van der Waals surface area contributed by atoms with Crippen LogP contribution < -0.4 is 20.1 Å². The van der Waals surface area contributed by atoms with Crippen molar-refractivity contribution in [1.82, 2.24) is 39.7 Å². The summed E-state index contributed by atoms with van der Waals surface area (Å²) in [7, 11) is -0.803. The lowest BCUT2D eigenvalue weighted by Crippen LogP contribution is -2.49. The smallest absolute Gasteiger partial charge is 0.255 e. The number of aryl methyl sites for hydroxylation is 2. The maximum Gasteiger partial charge on any atom is 0.255 e. The monoisotopic (exact) mass is 636 g/mol. The lowest BCUT2D eigenvalue weighted by Gasteiger charge is -2.23. The van der Waals surface area contributed by atoms with Gasteiger partial charge in [-0.3, -0.25) is 19.0 Å². The molecular formula is C30H36N8O6S. The van der Waals surface area contributed by atoms with Gasteiger partial charge in [0.15, 0.2) is 11.5 Å². The first kappa shape index (κ1) is 31.7. The molecule has 0 fully saturated rings. The Bertz CT molecular complexity index is 1720. The number of sulfonamides is 1. The Morgan fingerprint density at radius 1 is 1.04 bits per heavy atom. The van der Waals surface area contributed by atoms with E-state index in [1.54, 1.807) is 36.1 Å². The predicted molar refractivity (Wildman–Crippen MR) is 163 cm³/mol. The van der Waals surface area contributed by atoms with Crippen molar-refractivity contribution in [2.45, 2.75) is 36.7 Å². The van der Waals surface area contributed by atoms with Crippen LogP contribution in [0.3, 0.4) is 0 Å². The van der Waals surface area contributed by atoms with Gasteiger partial charge in [0.1, 0.15) is 10.9 Å². The second-order valence-corrected chi connectivity index (χ2v) is 12.5. The average molecular weight is 637 g/mol. The van der Waals surface area contributed by atoms with E-state index in [9.17, 15) is 18.0 Å². The molecule has 14 nitrogen and oxygen atoms in total. The molecule has 45 heavy (non-hydrogen) atoms. The number of hydrogen-bond acceptors (Lipinski definition) is 9. The third kappa shape index (κ3) is 7.85. The number of amides is 2. The third-order valence-corrected chi connectivity index (χ3v) is 9.16. The highest BCUT2D eigenvalue weighted by Gasteiger charge is 2.28. The lowest BCUT2D eigenvalue weighted by atomic mass is 10.0. The van der Waals surface area contributed by atoms with Crippen LogP contribution in [0.5, 0.6) is 11.5 Å². The molecule has 15 heteroatoms. The Morgan fingerprint density at radius 3 is 2.62 bits per heavy atom. The zero-order chi connectivity index (χ0) is 31.8. The van der Waals surface area contributed by atoms with Crippen LogP contribution in [0, 0.1) is 0 Å². The number of para-hydroxylation sites is 1. The molecule has 2 amide bonds. The standard InChI is InChI=1S/C30H36N8O6S/c1-36-21-24(19-32-36)45(41,42)38-15-12-23-20-37(35-34-23)14-7-17-44-28-25(10-6-11-27(28)43-2)29(39)33-26(30(40)31-13-16-38)18-22-8-4-3-5-9-22/h3-6,8-11,19-21,26H,7,12-18H2,1-2H3,(H,31,40)(H,33,39)/t26-/m0/s1. The molecule has 1 aliphatic heterocycles. The van der Waals surface area contributed by atoms with Gasteiger partial charge in [-0.1, -0.05) is 41.6 Å². The SMILES string of the molecule is COc1cccc2c1OCCCn1cc(nn1)CCN(S(=O)(=O)c1cnn(C)c1)CCNC(=O)[C@H](Cc1ccccc1)NC2=O. The molecule has 238 valence electrons. The Kier molecular flexibility index (Phi) is 10.1. The van der Waals surface area contributed by atoms with Crippen LogP contribution in [0.2, 0.25) is 0 Å². The van der Waals surface area contributed by atoms with Crippen LogP contribution in [0.15, 0.2) is 72.0 Å². The first-order chi connectivity index (χ1) is 21.7. The first-order valence-corrected chi connectivity index (χ1v) is 16.0. The number of nitrogens with one attached hydrogen (secondary N) is 2.